The first kappa shape index (κ1) is 14.2. The molecule has 0 aromatic heterocycles. The molecule has 1 unspecified atom stereocenters. The summed E-state index contributed by atoms with van der Waals surface area (Å²) in [6, 6.07) is 0. The number of rotatable bonds is 6. The van der Waals surface area contributed by atoms with Crippen LogP contribution in [-0.2, 0) is 0 Å². The van der Waals surface area contributed by atoms with Gasteiger partial charge < -0.3 is 4.90 Å². The molecule has 1 fully saturated rings. The Morgan fingerprint density at radius 2 is 1.81 bits per heavy atom. The van der Waals surface area contributed by atoms with Crippen LogP contribution in [0.5, 0.6) is 0 Å². The Labute approximate surface area is 102 Å². The van der Waals surface area contributed by atoms with Crippen LogP contribution in [-0.4, -0.2) is 62.3 Å². The van der Waals surface area contributed by atoms with E-state index in [1.807, 2.05) is 0 Å². The van der Waals surface area contributed by atoms with Gasteiger partial charge in [-0.25, -0.2) is 0 Å². The summed E-state index contributed by atoms with van der Waals surface area (Å²) in [5.74, 6) is 0. The minimum atomic E-state index is -0.0129. The van der Waals surface area contributed by atoms with E-state index in [4.69, 9.17) is 0 Å². The predicted molar refractivity (Wildman–Crippen MR) is 77.0 cm³/mol. The molecule has 0 aromatic rings. The van der Waals surface area contributed by atoms with Gasteiger partial charge in [0.15, 0.2) is 6.29 Å². The Morgan fingerprint density at radius 3 is 2.38 bits per heavy atom. The summed E-state index contributed by atoms with van der Waals surface area (Å²) < 4.78 is 0. The number of likely N-dealkylation sites (tertiary alicyclic amines) is 1. The molecule has 1 atom stereocenters. The van der Waals surface area contributed by atoms with Crippen molar-refractivity contribution in [2.24, 2.45) is 0 Å². The normalized spacial score (nSPS) is 19.8. The van der Waals surface area contributed by atoms with Crippen molar-refractivity contribution in [1.29, 1.82) is 0 Å². The van der Waals surface area contributed by atoms with E-state index in [-0.39, 0.29) is 7.55 Å². The zero-order valence-corrected chi connectivity index (χ0v) is 12.0. The SMILES string of the molecule is C=[P+](C)CN(C)CCCN1CCCCCC1. The summed E-state index contributed by atoms with van der Waals surface area (Å²) in [4.78, 5) is 5.09. The number of nitrogens with zero attached hydrogens (tertiary/aromatic N) is 2. The molecule has 1 heterocycles. The highest BCUT2D eigenvalue weighted by molar-refractivity contribution is 7.54. The average Bonchev–Trinajstić information content (AvgIpc) is 2.45. The van der Waals surface area contributed by atoms with Gasteiger partial charge in [0.05, 0.1) is 20.5 Å². The topological polar surface area (TPSA) is 6.48 Å². The Hall–Kier alpha value is 0.0900. The van der Waals surface area contributed by atoms with Crippen LogP contribution in [0.25, 0.3) is 0 Å². The van der Waals surface area contributed by atoms with Crippen LogP contribution < -0.4 is 0 Å². The molecular formula is C13H28N2P+. The lowest BCUT2D eigenvalue weighted by atomic mass is 10.2. The molecule has 0 aliphatic carbocycles. The lowest BCUT2D eigenvalue weighted by Gasteiger charge is -2.21. The fourth-order valence-electron chi connectivity index (χ4n) is 2.41. The highest BCUT2D eigenvalue weighted by Crippen LogP contribution is 2.14. The monoisotopic (exact) mass is 243 g/mol. The third-order valence-electron chi connectivity index (χ3n) is 3.20. The summed E-state index contributed by atoms with van der Waals surface area (Å²) in [5, 5.41) is 0. The van der Waals surface area contributed by atoms with Crippen molar-refractivity contribution in [3.8, 4) is 0 Å². The van der Waals surface area contributed by atoms with Gasteiger partial charge >= 0.3 is 0 Å². The van der Waals surface area contributed by atoms with E-state index < -0.39 is 0 Å². The van der Waals surface area contributed by atoms with Crippen LogP contribution >= 0.6 is 7.55 Å². The van der Waals surface area contributed by atoms with E-state index in [9.17, 15) is 0 Å². The minimum Gasteiger partial charge on any atom is -0.303 e. The Kier molecular flexibility index (Phi) is 7.27. The van der Waals surface area contributed by atoms with E-state index in [0.29, 0.717) is 0 Å². The molecule has 1 saturated heterocycles. The van der Waals surface area contributed by atoms with Crippen molar-refractivity contribution in [2.45, 2.75) is 32.1 Å². The quantitative estimate of drug-likeness (QED) is 0.662. The largest absolute Gasteiger partial charge is 0.303 e. The molecule has 2 nitrogen and oxygen atoms in total. The third-order valence-corrected chi connectivity index (χ3v) is 4.16. The van der Waals surface area contributed by atoms with Crippen LogP contribution in [0.15, 0.2) is 0 Å². The summed E-state index contributed by atoms with van der Waals surface area (Å²) in [6.07, 6.45) is 12.3. The van der Waals surface area contributed by atoms with Crippen LogP contribution in [0.1, 0.15) is 32.1 Å². The van der Waals surface area contributed by atoms with E-state index in [1.54, 1.807) is 0 Å². The molecule has 0 amide bonds. The summed E-state index contributed by atoms with van der Waals surface area (Å²) in [5.41, 5.74) is 0. The second-order valence-corrected chi connectivity index (χ2v) is 7.18. The average molecular weight is 243 g/mol. The van der Waals surface area contributed by atoms with Crippen molar-refractivity contribution < 1.29 is 0 Å². The van der Waals surface area contributed by atoms with Crippen molar-refractivity contribution in [2.75, 3.05) is 46.2 Å². The minimum absolute atomic E-state index is 0.0129. The first-order valence-corrected chi connectivity index (χ1v) is 8.77. The molecule has 0 aromatic carbocycles. The van der Waals surface area contributed by atoms with E-state index >= 15 is 0 Å². The molecule has 1 rings (SSSR count). The fourth-order valence-corrected chi connectivity index (χ4v) is 3.37. The van der Waals surface area contributed by atoms with Crippen LogP contribution in [0.4, 0.5) is 0 Å². The van der Waals surface area contributed by atoms with Gasteiger partial charge in [-0.1, -0.05) is 12.8 Å². The fraction of sp³-hybridized carbons (Fsp3) is 0.923. The van der Waals surface area contributed by atoms with E-state index in [0.717, 1.165) is 0 Å². The van der Waals surface area contributed by atoms with Gasteiger partial charge in [-0.2, -0.15) is 0 Å². The Balaban J connectivity index is 2.06. The van der Waals surface area contributed by atoms with Gasteiger partial charge in [0.2, 0.25) is 0 Å². The molecular weight excluding hydrogens is 215 g/mol. The zero-order valence-electron chi connectivity index (χ0n) is 11.1. The van der Waals surface area contributed by atoms with Crippen LogP contribution in [0.3, 0.4) is 0 Å². The lowest BCUT2D eigenvalue weighted by molar-refractivity contribution is 0.262. The first-order chi connectivity index (χ1) is 7.68. The van der Waals surface area contributed by atoms with E-state index in [2.05, 4.69) is 29.8 Å². The van der Waals surface area contributed by atoms with Crippen molar-refractivity contribution in [3.05, 3.63) is 0 Å². The lowest BCUT2D eigenvalue weighted by Crippen LogP contribution is -2.29. The number of hydrogen-bond acceptors (Lipinski definition) is 2. The summed E-state index contributed by atoms with van der Waals surface area (Å²) in [7, 11) is 2.22. The Morgan fingerprint density at radius 1 is 1.19 bits per heavy atom. The molecule has 3 heteroatoms. The van der Waals surface area contributed by atoms with Gasteiger partial charge in [0.25, 0.3) is 0 Å². The van der Waals surface area contributed by atoms with Crippen molar-refractivity contribution in [1.82, 2.24) is 9.80 Å². The Bertz CT molecular complexity index is 198. The molecule has 1 aliphatic heterocycles. The van der Waals surface area contributed by atoms with Gasteiger partial charge in [0, 0.05) is 6.54 Å². The maximum Gasteiger partial charge on any atom is 0.158 e. The smallest absolute Gasteiger partial charge is 0.158 e. The van der Waals surface area contributed by atoms with Gasteiger partial charge in [0.1, 0.15) is 0 Å². The number of hydrogen-bond donors (Lipinski definition) is 0. The molecule has 0 spiro atoms. The highest BCUT2D eigenvalue weighted by Gasteiger charge is 2.09. The molecule has 0 radical (unpaired) electrons. The zero-order chi connectivity index (χ0) is 11.8. The van der Waals surface area contributed by atoms with Crippen molar-refractivity contribution >= 4 is 13.8 Å². The first-order valence-electron chi connectivity index (χ1n) is 6.61. The highest BCUT2D eigenvalue weighted by atomic mass is 31.1. The third kappa shape index (κ3) is 6.62. The molecule has 16 heavy (non-hydrogen) atoms. The maximum atomic E-state index is 4.10. The molecule has 0 N–H and O–H groups in total. The van der Waals surface area contributed by atoms with Crippen LogP contribution in [0.2, 0.25) is 0 Å². The van der Waals surface area contributed by atoms with Gasteiger partial charge in [-0.3, -0.25) is 4.90 Å². The summed E-state index contributed by atoms with van der Waals surface area (Å²) >= 11 is 0. The standard InChI is InChI=1S/C13H28N2P/c1-14(13-16(2)3)9-8-12-15-10-6-4-5-7-11-15/h2,4-13H2,1,3H3/q+1. The van der Waals surface area contributed by atoms with E-state index in [1.165, 1.54) is 64.6 Å². The second-order valence-electron chi connectivity index (χ2n) is 5.19. The van der Waals surface area contributed by atoms with Gasteiger partial charge in [-0.05, 0) is 45.9 Å². The molecule has 94 valence electrons. The predicted octanol–water partition coefficient (Wildman–Crippen LogP) is 2.69. The molecule has 0 bridgehead atoms. The van der Waals surface area contributed by atoms with Gasteiger partial charge in [-0.15, -0.1) is 0 Å². The second kappa shape index (κ2) is 8.22. The summed E-state index contributed by atoms with van der Waals surface area (Å²) in [6.45, 7) is 7.45. The maximum absolute atomic E-state index is 4.10. The molecule has 0 saturated carbocycles. The van der Waals surface area contributed by atoms with Crippen molar-refractivity contribution in [3.63, 3.8) is 0 Å². The molecule has 1 aliphatic rings. The van der Waals surface area contributed by atoms with Crippen LogP contribution in [0, 0.1) is 0 Å².